The summed E-state index contributed by atoms with van der Waals surface area (Å²) in [5.41, 5.74) is 1.55. The van der Waals surface area contributed by atoms with Crippen molar-refractivity contribution in [1.82, 2.24) is 0 Å². The molecule has 5 heteroatoms. The number of halogens is 1. The standard InChI is InChI=1S/C16H15FO3S/c1-20-15-7-4-13(17)9-12(15)10-21-14-5-2-11(3-6-14)8-16(18)19/h2-7,9H,8,10H2,1H3,(H,18,19). The summed E-state index contributed by atoms with van der Waals surface area (Å²) in [6.07, 6.45) is 0.0165. The van der Waals surface area contributed by atoms with E-state index in [0.29, 0.717) is 11.5 Å². The lowest BCUT2D eigenvalue weighted by atomic mass is 10.2. The number of rotatable bonds is 6. The van der Waals surface area contributed by atoms with Crippen LogP contribution in [0.3, 0.4) is 0 Å². The molecule has 0 radical (unpaired) electrons. The molecule has 21 heavy (non-hydrogen) atoms. The van der Waals surface area contributed by atoms with Crippen molar-refractivity contribution >= 4 is 17.7 Å². The maximum absolute atomic E-state index is 13.3. The van der Waals surface area contributed by atoms with Gasteiger partial charge >= 0.3 is 5.97 Å². The van der Waals surface area contributed by atoms with Crippen LogP contribution in [0.1, 0.15) is 11.1 Å². The molecule has 0 aliphatic heterocycles. The molecule has 0 bridgehead atoms. The number of ether oxygens (including phenoxy) is 1. The third-order valence-corrected chi connectivity index (χ3v) is 3.98. The SMILES string of the molecule is COc1ccc(F)cc1CSc1ccc(CC(=O)O)cc1. The smallest absolute Gasteiger partial charge is 0.307 e. The van der Waals surface area contributed by atoms with Crippen molar-refractivity contribution in [3.05, 3.63) is 59.4 Å². The van der Waals surface area contributed by atoms with E-state index in [1.165, 1.54) is 12.1 Å². The normalized spacial score (nSPS) is 10.4. The highest BCUT2D eigenvalue weighted by atomic mass is 32.2. The van der Waals surface area contributed by atoms with Crippen LogP contribution in [0.5, 0.6) is 5.75 Å². The third-order valence-electron chi connectivity index (χ3n) is 2.92. The van der Waals surface area contributed by atoms with Gasteiger partial charge in [-0.1, -0.05) is 12.1 Å². The number of aliphatic carboxylic acids is 1. The van der Waals surface area contributed by atoms with Crippen molar-refractivity contribution in [3.63, 3.8) is 0 Å². The van der Waals surface area contributed by atoms with Crippen LogP contribution in [0, 0.1) is 5.82 Å². The quantitative estimate of drug-likeness (QED) is 0.826. The lowest BCUT2D eigenvalue weighted by Crippen LogP contribution is -1.99. The van der Waals surface area contributed by atoms with E-state index < -0.39 is 5.97 Å². The fourth-order valence-electron chi connectivity index (χ4n) is 1.90. The molecule has 0 fully saturated rings. The number of thioether (sulfide) groups is 1. The first-order chi connectivity index (χ1) is 10.1. The van der Waals surface area contributed by atoms with E-state index in [1.54, 1.807) is 37.1 Å². The molecular weight excluding hydrogens is 291 g/mol. The highest BCUT2D eigenvalue weighted by Crippen LogP contribution is 2.28. The number of carboxylic acids is 1. The molecule has 0 heterocycles. The Morgan fingerprint density at radius 2 is 1.95 bits per heavy atom. The van der Waals surface area contributed by atoms with Gasteiger partial charge < -0.3 is 9.84 Å². The molecule has 0 aromatic heterocycles. The molecule has 0 atom stereocenters. The second-order valence-electron chi connectivity index (χ2n) is 4.46. The zero-order valence-electron chi connectivity index (χ0n) is 11.5. The van der Waals surface area contributed by atoms with Gasteiger partial charge in [-0.05, 0) is 35.9 Å². The molecule has 2 rings (SSSR count). The predicted octanol–water partition coefficient (Wildman–Crippen LogP) is 3.75. The molecule has 3 nitrogen and oxygen atoms in total. The second kappa shape index (κ2) is 7.13. The summed E-state index contributed by atoms with van der Waals surface area (Å²) in [5, 5.41) is 8.72. The summed E-state index contributed by atoms with van der Waals surface area (Å²) in [5.74, 6) is 0.105. The Balaban J connectivity index is 2.03. The van der Waals surface area contributed by atoms with Crippen LogP contribution in [0.2, 0.25) is 0 Å². The van der Waals surface area contributed by atoms with Gasteiger partial charge in [0.15, 0.2) is 0 Å². The summed E-state index contributed by atoms with van der Waals surface area (Å²) in [6, 6.07) is 11.8. The van der Waals surface area contributed by atoms with Gasteiger partial charge in [0.2, 0.25) is 0 Å². The average Bonchev–Trinajstić information content (AvgIpc) is 2.46. The monoisotopic (exact) mass is 306 g/mol. The van der Waals surface area contributed by atoms with E-state index in [2.05, 4.69) is 0 Å². The van der Waals surface area contributed by atoms with Crippen LogP contribution in [-0.2, 0) is 17.0 Å². The van der Waals surface area contributed by atoms with Gasteiger partial charge in [-0.2, -0.15) is 0 Å². The Hall–Kier alpha value is -2.01. The van der Waals surface area contributed by atoms with E-state index in [9.17, 15) is 9.18 Å². The summed E-state index contributed by atoms with van der Waals surface area (Å²) in [7, 11) is 1.56. The lowest BCUT2D eigenvalue weighted by Gasteiger charge is -2.08. The minimum atomic E-state index is -0.847. The van der Waals surface area contributed by atoms with Crippen LogP contribution in [0.25, 0.3) is 0 Å². The first kappa shape index (κ1) is 15.4. The number of carboxylic acid groups (broad SMARTS) is 1. The minimum absolute atomic E-state index is 0.0165. The second-order valence-corrected chi connectivity index (χ2v) is 5.51. The number of carbonyl (C=O) groups is 1. The summed E-state index contributed by atoms with van der Waals surface area (Å²) >= 11 is 1.55. The zero-order valence-corrected chi connectivity index (χ0v) is 12.3. The largest absolute Gasteiger partial charge is 0.496 e. The van der Waals surface area contributed by atoms with Crippen molar-refractivity contribution in [2.24, 2.45) is 0 Å². The number of benzene rings is 2. The van der Waals surface area contributed by atoms with Gasteiger partial charge in [-0.15, -0.1) is 11.8 Å². The van der Waals surface area contributed by atoms with E-state index in [0.717, 1.165) is 16.0 Å². The van der Waals surface area contributed by atoms with Crippen molar-refractivity contribution in [2.45, 2.75) is 17.1 Å². The number of hydrogen-bond donors (Lipinski definition) is 1. The summed E-state index contributed by atoms with van der Waals surface area (Å²) in [4.78, 5) is 11.6. The van der Waals surface area contributed by atoms with Gasteiger partial charge in [0.1, 0.15) is 11.6 Å². The Morgan fingerprint density at radius 3 is 2.57 bits per heavy atom. The molecule has 0 aliphatic carbocycles. The van der Waals surface area contributed by atoms with Crippen LogP contribution < -0.4 is 4.74 Å². The fraction of sp³-hybridized carbons (Fsp3) is 0.188. The van der Waals surface area contributed by atoms with Crippen molar-refractivity contribution in [2.75, 3.05) is 7.11 Å². The molecule has 0 spiro atoms. The van der Waals surface area contributed by atoms with E-state index >= 15 is 0 Å². The predicted molar refractivity (Wildman–Crippen MR) is 80.3 cm³/mol. The van der Waals surface area contributed by atoms with Gasteiger partial charge in [0.25, 0.3) is 0 Å². The van der Waals surface area contributed by atoms with Crippen LogP contribution >= 0.6 is 11.8 Å². The van der Waals surface area contributed by atoms with Crippen molar-refractivity contribution in [3.8, 4) is 5.75 Å². The number of methoxy groups -OCH3 is 1. The molecule has 0 aliphatic rings. The molecule has 0 saturated carbocycles. The van der Waals surface area contributed by atoms with Gasteiger partial charge in [-0.3, -0.25) is 4.79 Å². The fourth-order valence-corrected chi connectivity index (χ4v) is 2.78. The summed E-state index contributed by atoms with van der Waals surface area (Å²) < 4.78 is 18.5. The zero-order chi connectivity index (χ0) is 15.2. The maximum atomic E-state index is 13.3. The van der Waals surface area contributed by atoms with Gasteiger partial charge in [-0.25, -0.2) is 4.39 Å². The average molecular weight is 306 g/mol. The van der Waals surface area contributed by atoms with Crippen molar-refractivity contribution < 1.29 is 19.0 Å². The molecule has 2 aromatic rings. The van der Waals surface area contributed by atoms with Crippen molar-refractivity contribution in [1.29, 1.82) is 0 Å². The maximum Gasteiger partial charge on any atom is 0.307 e. The van der Waals surface area contributed by atoms with E-state index in [1.807, 2.05) is 12.1 Å². The molecule has 0 unspecified atom stereocenters. The molecule has 110 valence electrons. The minimum Gasteiger partial charge on any atom is -0.496 e. The Bertz CT molecular complexity index is 626. The molecule has 0 saturated heterocycles. The molecule has 0 amide bonds. The molecule has 2 aromatic carbocycles. The van der Waals surface area contributed by atoms with Crippen LogP contribution in [0.15, 0.2) is 47.4 Å². The molecular formula is C16H15FO3S. The summed E-state index contributed by atoms with van der Waals surface area (Å²) in [6.45, 7) is 0. The van der Waals surface area contributed by atoms with E-state index in [4.69, 9.17) is 9.84 Å². The first-order valence-electron chi connectivity index (χ1n) is 6.34. The topological polar surface area (TPSA) is 46.5 Å². The third kappa shape index (κ3) is 4.49. The highest BCUT2D eigenvalue weighted by Gasteiger charge is 2.06. The Kier molecular flexibility index (Phi) is 5.22. The Labute approximate surface area is 126 Å². The van der Waals surface area contributed by atoms with E-state index in [-0.39, 0.29) is 12.2 Å². The first-order valence-corrected chi connectivity index (χ1v) is 7.33. The Morgan fingerprint density at radius 1 is 1.24 bits per heavy atom. The van der Waals surface area contributed by atoms with Gasteiger partial charge in [0.05, 0.1) is 13.5 Å². The highest BCUT2D eigenvalue weighted by molar-refractivity contribution is 7.98. The van der Waals surface area contributed by atoms with Crippen LogP contribution in [0.4, 0.5) is 4.39 Å². The number of hydrogen-bond acceptors (Lipinski definition) is 3. The van der Waals surface area contributed by atoms with Gasteiger partial charge in [0, 0.05) is 16.2 Å². The molecule has 1 N–H and O–H groups in total. The van der Waals surface area contributed by atoms with Crippen LogP contribution in [-0.4, -0.2) is 18.2 Å². The lowest BCUT2D eigenvalue weighted by molar-refractivity contribution is -0.136.